The molecule has 0 radical (unpaired) electrons. The van der Waals surface area contributed by atoms with Crippen LogP contribution >= 0.6 is 11.6 Å². The van der Waals surface area contributed by atoms with Gasteiger partial charge in [-0.1, -0.05) is 41.9 Å². The Labute approximate surface area is 155 Å². The van der Waals surface area contributed by atoms with Crippen molar-refractivity contribution in [2.75, 3.05) is 19.7 Å². The second kappa shape index (κ2) is 7.94. The zero-order chi connectivity index (χ0) is 18.6. The fraction of sp³-hybridized carbons (Fsp3) is 0.421. The highest BCUT2D eigenvalue weighted by Gasteiger charge is 2.36. The molecule has 1 N–H and O–H groups in total. The molecule has 0 atom stereocenters. The molecule has 1 saturated heterocycles. The average Bonchev–Trinajstić information content (AvgIpc) is 2.64. The minimum atomic E-state index is -4.49. The van der Waals surface area contributed by atoms with E-state index < -0.39 is 11.7 Å². The molecule has 7 heteroatoms. The van der Waals surface area contributed by atoms with Crippen molar-refractivity contribution in [1.29, 1.82) is 0 Å². The zero-order valence-electron chi connectivity index (χ0n) is 14.2. The Balaban J connectivity index is 1.75. The molecular formula is C19H20ClF3N2O. The van der Waals surface area contributed by atoms with E-state index in [0.717, 1.165) is 43.8 Å². The van der Waals surface area contributed by atoms with Crippen LogP contribution in [-0.4, -0.2) is 24.7 Å². The Hall–Kier alpha value is -1.63. The third-order valence-corrected chi connectivity index (χ3v) is 5.05. The summed E-state index contributed by atoms with van der Waals surface area (Å²) in [5, 5.41) is 3.14. The molecule has 0 amide bonds. The molecule has 1 fully saturated rings. The number of hydrogen-bond donors (Lipinski definition) is 1. The highest BCUT2D eigenvalue weighted by Crippen LogP contribution is 2.36. The summed E-state index contributed by atoms with van der Waals surface area (Å²) in [4.78, 5) is 3.77. The van der Waals surface area contributed by atoms with E-state index in [4.69, 9.17) is 16.3 Å². The lowest BCUT2D eigenvalue weighted by Gasteiger charge is -2.38. The van der Waals surface area contributed by atoms with Gasteiger partial charge in [0.2, 0.25) is 0 Å². The van der Waals surface area contributed by atoms with Crippen LogP contribution in [0.1, 0.15) is 29.5 Å². The van der Waals surface area contributed by atoms with E-state index in [-0.39, 0.29) is 22.7 Å². The maximum absolute atomic E-state index is 13.2. The highest BCUT2D eigenvalue weighted by molar-refractivity contribution is 6.29. The molecule has 2 aromatic rings. The number of benzene rings is 1. The second-order valence-corrected chi connectivity index (χ2v) is 6.94. The minimum absolute atomic E-state index is 0.000883. The van der Waals surface area contributed by atoms with Crippen molar-refractivity contribution < 1.29 is 17.9 Å². The van der Waals surface area contributed by atoms with Gasteiger partial charge in [0, 0.05) is 17.2 Å². The monoisotopic (exact) mass is 384 g/mol. The van der Waals surface area contributed by atoms with Crippen LogP contribution in [0.3, 0.4) is 0 Å². The van der Waals surface area contributed by atoms with Gasteiger partial charge >= 0.3 is 6.18 Å². The van der Waals surface area contributed by atoms with Gasteiger partial charge in [0.1, 0.15) is 5.15 Å². The van der Waals surface area contributed by atoms with Crippen molar-refractivity contribution in [1.82, 2.24) is 10.3 Å². The van der Waals surface area contributed by atoms with Crippen LogP contribution in [0.5, 0.6) is 0 Å². The SMILES string of the molecule is FC(F)(F)c1cc(Cl)ncc1COCC1(c2ccccc2)CCNCC1. The molecule has 1 aromatic heterocycles. The summed E-state index contributed by atoms with van der Waals surface area (Å²) >= 11 is 5.62. The predicted molar refractivity (Wildman–Crippen MR) is 94.1 cm³/mol. The fourth-order valence-corrected chi connectivity index (χ4v) is 3.56. The summed E-state index contributed by atoms with van der Waals surface area (Å²) in [5.74, 6) is 0. The van der Waals surface area contributed by atoms with E-state index in [1.54, 1.807) is 0 Å². The van der Waals surface area contributed by atoms with Crippen molar-refractivity contribution in [3.05, 3.63) is 64.4 Å². The number of nitrogens with one attached hydrogen (secondary N) is 1. The molecule has 1 aliphatic heterocycles. The number of alkyl halides is 3. The van der Waals surface area contributed by atoms with E-state index in [2.05, 4.69) is 22.4 Å². The number of piperidine rings is 1. The number of pyridine rings is 1. The van der Waals surface area contributed by atoms with Crippen molar-refractivity contribution >= 4 is 11.6 Å². The maximum atomic E-state index is 13.2. The maximum Gasteiger partial charge on any atom is 0.416 e. The van der Waals surface area contributed by atoms with Crippen LogP contribution in [0.15, 0.2) is 42.6 Å². The van der Waals surface area contributed by atoms with E-state index in [9.17, 15) is 13.2 Å². The molecular weight excluding hydrogens is 365 g/mol. The molecule has 2 heterocycles. The van der Waals surface area contributed by atoms with Gasteiger partial charge in [-0.15, -0.1) is 0 Å². The smallest absolute Gasteiger partial charge is 0.376 e. The zero-order valence-corrected chi connectivity index (χ0v) is 14.9. The van der Waals surface area contributed by atoms with Crippen LogP contribution < -0.4 is 5.32 Å². The van der Waals surface area contributed by atoms with Crippen LogP contribution in [0.2, 0.25) is 5.15 Å². The van der Waals surface area contributed by atoms with Gasteiger partial charge in [0.25, 0.3) is 0 Å². The topological polar surface area (TPSA) is 34.1 Å². The van der Waals surface area contributed by atoms with Gasteiger partial charge in [-0.25, -0.2) is 4.98 Å². The van der Waals surface area contributed by atoms with Gasteiger partial charge in [-0.2, -0.15) is 13.2 Å². The molecule has 0 aliphatic carbocycles. The summed E-state index contributed by atoms with van der Waals surface area (Å²) in [7, 11) is 0. The van der Waals surface area contributed by atoms with E-state index in [1.165, 1.54) is 0 Å². The van der Waals surface area contributed by atoms with Crippen LogP contribution in [0.25, 0.3) is 0 Å². The highest BCUT2D eigenvalue weighted by atomic mass is 35.5. The van der Waals surface area contributed by atoms with Gasteiger partial charge in [0.05, 0.1) is 18.8 Å². The summed E-state index contributed by atoms with van der Waals surface area (Å²) in [6.45, 7) is 1.92. The number of rotatable bonds is 5. The summed E-state index contributed by atoms with van der Waals surface area (Å²) < 4.78 is 45.4. The number of halogens is 4. The lowest BCUT2D eigenvalue weighted by molar-refractivity contribution is -0.139. The second-order valence-electron chi connectivity index (χ2n) is 6.55. The molecule has 1 aliphatic rings. The van der Waals surface area contributed by atoms with Gasteiger partial charge in [-0.05, 0) is 37.6 Å². The van der Waals surface area contributed by atoms with Crippen LogP contribution in [0.4, 0.5) is 13.2 Å². The van der Waals surface area contributed by atoms with Crippen molar-refractivity contribution in [3.8, 4) is 0 Å². The number of hydrogen-bond acceptors (Lipinski definition) is 3. The first-order chi connectivity index (χ1) is 12.4. The quantitative estimate of drug-likeness (QED) is 0.765. The molecule has 26 heavy (non-hydrogen) atoms. The molecule has 3 rings (SSSR count). The first-order valence-electron chi connectivity index (χ1n) is 8.46. The summed E-state index contributed by atoms with van der Waals surface area (Å²) in [6, 6.07) is 10.9. The Morgan fingerprint density at radius 2 is 1.85 bits per heavy atom. The van der Waals surface area contributed by atoms with E-state index >= 15 is 0 Å². The van der Waals surface area contributed by atoms with Gasteiger partial charge in [-0.3, -0.25) is 0 Å². The lowest BCUT2D eigenvalue weighted by atomic mass is 9.74. The first kappa shape index (κ1) is 19.1. The van der Waals surface area contributed by atoms with Crippen molar-refractivity contribution in [2.24, 2.45) is 0 Å². The Morgan fingerprint density at radius 3 is 2.50 bits per heavy atom. The van der Waals surface area contributed by atoms with E-state index in [1.807, 2.05) is 18.2 Å². The first-order valence-corrected chi connectivity index (χ1v) is 8.84. The summed E-state index contributed by atoms with van der Waals surface area (Å²) in [5.41, 5.74) is 0.174. The number of aromatic nitrogens is 1. The van der Waals surface area contributed by atoms with Gasteiger partial charge < -0.3 is 10.1 Å². The molecule has 0 unspecified atom stereocenters. The number of ether oxygens (including phenoxy) is 1. The molecule has 140 valence electrons. The summed E-state index contributed by atoms with van der Waals surface area (Å²) in [6.07, 6.45) is -1.59. The standard InChI is InChI=1S/C19H20ClF3N2O/c20-17-10-16(19(21,22)23)14(11-25-17)12-26-13-18(6-8-24-9-7-18)15-4-2-1-3-5-15/h1-5,10-11,24H,6-9,12-13H2. The molecule has 3 nitrogen and oxygen atoms in total. The lowest BCUT2D eigenvalue weighted by Crippen LogP contribution is -2.43. The average molecular weight is 385 g/mol. The van der Waals surface area contributed by atoms with E-state index in [0.29, 0.717) is 6.61 Å². The largest absolute Gasteiger partial charge is 0.416 e. The Kier molecular flexibility index (Phi) is 5.85. The third-order valence-electron chi connectivity index (χ3n) is 4.84. The fourth-order valence-electron chi connectivity index (χ4n) is 3.41. The molecule has 0 bridgehead atoms. The minimum Gasteiger partial charge on any atom is -0.376 e. The Bertz CT molecular complexity index is 731. The molecule has 0 saturated carbocycles. The van der Waals surface area contributed by atoms with Crippen molar-refractivity contribution in [2.45, 2.75) is 31.0 Å². The molecule has 1 aromatic carbocycles. The normalized spacial score (nSPS) is 17.2. The van der Waals surface area contributed by atoms with Gasteiger partial charge in [0.15, 0.2) is 0 Å². The third kappa shape index (κ3) is 4.37. The number of nitrogens with zero attached hydrogens (tertiary/aromatic N) is 1. The predicted octanol–water partition coefficient (Wildman–Crippen LogP) is 4.59. The van der Waals surface area contributed by atoms with Crippen LogP contribution in [0, 0.1) is 0 Å². The van der Waals surface area contributed by atoms with Crippen LogP contribution in [-0.2, 0) is 22.9 Å². The molecule has 0 spiro atoms. The van der Waals surface area contributed by atoms with Crippen molar-refractivity contribution in [3.63, 3.8) is 0 Å². The Morgan fingerprint density at radius 1 is 1.15 bits per heavy atom.